The number of ether oxygens (including phenoxy) is 3. The predicted octanol–water partition coefficient (Wildman–Crippen LogP) is 5.49. The largest absolute Gasteiger partial charge is 0.488 e. The standard InChI is InChI=1S/C22H30O5/c1-7-8-9-10-14-24-19-18-16(26-21(23)20(19)25-15(2)3)12-11-13-17(18)27-22(4,5)6/h8-9,11-13,15H,7,10,14H2,1-6H3/b9-8+. The van der Waals surface area contributed by atoms with Crippen molar-refractivity contribution in [1.82, 2.24) is 0 Å². The van der Waals surface area contributed by atoms with Crippen molar-refractivity contribution in [3.05, 3.63) is 40.8 Å². The van der Waals surface area contributed by atoms with Crippen molar-refractivity contribution in [2.24, 2.45) is 0 Å². The van der Waals surface area contributed by atoms with Gasteiger partial charge in [-0.1, -0.05) is 25.1 Å². The van der Waals surface area contributed by atoms with Gasteiger partial charge in [0, 0.05) is 0 Å². The highest BCUT2D eigenvalue weighted by Gasteiger charge is 2.24. The van der Waals surface area contributed by atoms with Crippen molar-refractivity contribution in [2.75, 3.05) is 6.61 Å². The lowest BCUT2D eigenvalue weighted by Gasteiger charge is -2.23. The highest BCUT2D eigenvalue weighted by molar-refractivity contribution is 5.91. The van der Waals surface area contributed by atoms with Crippen LogP contribution in [-0.4, -0.2) is 18.3 Å². The Labute approximate surface area is 160 Å². The molecular weight excluding hydrogens is 344 g/mol. The Bertz CT molecular complexity index is 840. The van der Waals surface area contributed by atoms with Crippen LogP contribution in [0.25, 0.3) is 11.0 Å². The zero-order valence-corrected chi connectivity index (χ0v) is 17.1. The third-order valence-electron chi connectivity index (χ3n) is 3.51. The first-order chi connectivity index (χ1) is 12.7. The summed E-state index contributed by atoms with van der Waals surface area (Å²) in [5, 5.41) is 0.613. The van der Waals surface area contributed by atoms with Gasteiger partial charge in [-0.15, -0.1) is 0 Å². The molecule has 5 heteroatoms. The van der Waals surface area contributed by atoms with Gasteiger partial charge in [0.25, 0.3) is 0 Å². The highest BCUT2D eigenvalue weighted by atomic mass is 16.5. The first-order valence-corrected chi connectivity index (χ1v) is 9.46. The molecule has 5 nitrogen and oxygen atoms in total. The molecule has 27 heavy (non-hydrogen) atoms. The van der Waals surface area contributed by atoms with E-state index in [-0.39, 0.29) is 11.9 Å². The van der Waals surface area contributed by atoms with Crippen molar-refractivity contribution in [3.8, 4) is 17.2 Å². The van der Waals surface area contributed by atoms with Gasteiger partial charge in [0.15, 0.2) is 5.75 Å². The number of fused-ring (bicyclic) bond motifs is 1. The molecule has 0 amide bonds. The van der Waals surface area contributed by atoms with Gasteiger partial charge in [0.05, 0.1) is 12.7 Å². The summed E-state index contributed by atoms with van der Waals surface area (Å²) in [6.45, 7) is 12.1. The second kappa shape index (κ2) is 8.98. The Morgan fingerprint density at radius 1 is 1.15 bits per heavy atom. The third-order valence-corrected chi connectivity index (χ3v) is 3.51. The third kappa shape index (κ3) is 5.78. The van der Waals surface area contributed by atoms with Crippen molar-refractivity contribution in [3.63, 3.8) is 0 Å². The Morgan fingerprint density at radius 3 is 2.52 bits per heavy atom. The second-order valence-electron chi connectivity index (χ2n) is 7.57. The van der Waals surface area contributed by atoms with Crippen LogP contribution in [0.3, 0.4) is 0 Å². The minimum Gasteiger partial charge on any atom is -0.488 e. The maximum Gasteiger partial charge on any atom is 0.383 e. The van der Waals surface area contributed by atoms with Gasteiger partial charge in [-0.3, -0.25) is 0 Å². The number of benzene rings is 1. The molecule has 0 bridgehead atoms. The van der Waals surface area contributed by atoms with Gasteiger partial charge in [0.2, 0.25) is 5.75 Å². The van der Waals surface area contributed by atoms with Gasteiger partial charge < -0.3 is 18.6 Å². The van der Waals surface area contributed by atoms with Crippen LogP contribution < -0.4 is 19.8 Å². The van der Waals surface area contributed by atoms with Gasteiger partial charge in [-0.25, -0.2) is 4.79 Å². The molecule has 0 saturated carbocycles. The minimum atomic E-state index is -0.553. The molecule has 0 aliphatic heterocycles. The van der Waals surface area contributed by atoms with Crippen molar-refractivity contribution in [2.45, 2.75) is 66.1 Å². The molecule has 0 aliphatic carbocycles. The lowest BCUT2D eigenvalue weighted by atomic mass is 10.1. The molecule has 0 fully saturated rings. The number of hydrogen-bond donors (Lipinski definition) is 0. The number of hydrogen-bond acceptors (Lipinski definition) is 5. The Kier molecular flexibility index (Phi) is 6.94. The second-order valence-corrected chi connectivity index (χ2v) is 7.57. The van der Waals surface area contributed by atoms with E-state index in [1.165, 1.54) is 0 Å². The number of allylic oxidation sites excluding steroid dienone is 1. The Balaban J connectivity index is 2.58. The Hall–Kier alpha value is -2.43. The zero-order valence-electron chi connectivity index (χ0n) is 17.1. The predicted molar refractivity (Wildman–Crippen MR) is 108 cm³/mol. The van der Waals surface area contributed by atoms with E-state index in [4.69, 9.17) is 18.6 Å². The van der Waals surface area contributed by atoms with Crippen molar-refractivity contribution in [1.29, 1.82) is 0 Å². The van der Waals surface area contributed by atoms with Gasteiger partial charge in [-0.05, 0) is 59.6 Å². The molecule has 2 rings (SSSR count). The summed E-state index contributed by atoms with van der Waals surface area (Å²) in [4.78, 5) is 12.5. The molecule has 1 heterocycles. The topological polar surface area (TPSA) is 57.9 Å². The quantitative estimate of drug-likeness (QED) is 0.347. The fourth-order valence-electron chi connectivity index (χ4n) is 2.58. The van der Waals surface area contributed by atoms with E-state index in [0.717, 1.165) is 12.8 Å². The first-order valence-electron chi connectivity index (χ1n) is 9.46. The average Bonchev–Trinajstić information content (AvgIpc) is 2.55. The number of rotatable bonds is 8. The maximum atomic E-state index is 12.5. The fraction of sp³-hybridized carbons (Fsp3) is 0.500. The molecule has 0 saturated heterocycles. The van der Waals surface area contributed by atoms with Crippen molar-refractivity contribution < 1.29 is 18.6 Å². The molecule has 0 atom stereocenters. The van der Waals surface area contributed by atoms with E-state index in [0.29, 0.717) is 29.1 Å². The van der Waals surface area contributed by atoms with Crippen molar-refractivity contribution >= 4 is 11.0 Å². The van der Waals surface area contributed by atoms with Gasteiger partial charge in [-0.2, -0.15) is 0 Å². The maximum absolute atomic E-state index is 12.5. The molecule has 2 aromatic rings. The molecule has 0 aliphatic rings. The van der Waals surface area contributed by atoms with Crippen LogP contribution in [0.4, 0.5) is 0 Å². The average molecular weight is 374 g/mol. The summed E-state index contributed by atoms with van der Waals surface area (Å²) in [7, 11) is 0. The van der Waals surface area contributed by atoms with Gasteiger partial charge >= 0.3 is 5.63 Å². The molecule has 148 valence electrons. The van der Waals surface area contributed by atoms with Crippen LogP contribution in [0.5, 0.6) is 17.2 Å². The van der Waals surface area contributed by atoms with Crippen LogP contribution >= 0.6 is 0 Å². The monoisotopic (exact) mass is 374 g/mol. The van der Waals surface area contributed by atoms with Crippen LogP contribution in [-0.2, 0) is 0 Å². The van der Waals surface area contributed by atoms with E-state index in [2.05, 4.69) is 19.1 Å². The molecule has 0 spiro atoms. The van der Waals surface area contributed by atoms with E-state index >= 15 is 0 Å². The van der Waals surface area contributed by atoms with E-state index in [1.54, 1.807) is 12.1 Å². The molecule has 0 unspecified atom stereocenters. The molecule has 0 radical (unpaired) electrons. The smallest absolute Gasteiger partial charge is 0.383 e. The normalized spacial score (nSPS) is 12.1. The van der Waals surface area contributed by atoms with E-state index in [9.17, 15) is 4.79 Å². The minimum absolute atomic E-state index is 0.0851. The Morgan fingerprint density at radius 2 is 1.89 bits per heavy atom. The molecule has 1 aromatic carbocycles. The summed E-state index contributed by atoms with van der Waals surface area (Å²) >= 11 is 0. The SMILES string of the molecule is CC/C=C/CCOc1c(OC(C)C)c(=O)oc2cccc(OC(C)(C)C)c12. The highest BCUT2D eigenvalue weighted by Crippen LogP contribution is 2.40. The fourth-order valence-corrected chi connectivity index (χ4v) is 2.58. The van der Waals surface area contributed by atoms with Crippen LogP contribution in [0.1, 0.15) is 54.4 Å². The summed E-state index contributed by atoms with van der Waals surface area (Å²) in [6, 6.07) is 5.37. The first kappa shape index (κ1) is 20.9. The lowest BCUT2D eigenvalue weighted by Crippen LogP contribution is -2.23. The van der Waals surface area contributed by atoms with E-state index < -0.39 is 11.2 Å². The van der Waals surface area contributed by atoms with Crippen LogP contribution in [0.2, 0.25) is 0 Å². The zero-order chi connectivity index (χ0) is 20.0. The summed E-state index contributed by atoms with van der Waals surface area (Å²) in [5.74, 6) is 1.05. The van der Waals surface area contributed by atoms with Crippen LogP contribution in [0.15, 0.2) is 39.6 Å². The molecular formula is C22H30O5. The summed E-state index contributed by atoms with van der Waals surface area (Å²) in [6.07, 6.45) is 5.66. The molecule has 0 N–H and O–H groups in total. The summed E-state index contributed by atoms with van der Waals surface area (Å²) < 4.78 is 23.3. The van der Waals surface area contributed by atoms with E-state index in [1.807, 2.05) is 40.7 Å². The van der Waals surface area contributed by atoms with Gasteiger partial charge in [0.1, 0.15) is 22.3 Å². The lowest BCUT2D eigenvalue weighted by molar-refractivity contribution is 0.132. The summed E-state index contributed by atoms with van der Waals surface area (Å²) in [5.41, 5.74) is -0.551. The van der Waals surface area contributed by atoms with Crippen LogP contribution in [0, 0.1) is 0 Å². The molecule has 1 aromatic heterocycles.